The van der Waals surface area contributed by atoms with Crippen molar-refractivity contribution in [3.05, 3.63) is 46.5 Å². The van der Waals surface area contributed by atoms with Gasteiger partial charge in [0.2, 0.25) is 0 Å². The van der Waals surface area contributed by atoms with E-state index in [0.717, 1.165) is 6.07 Å². The van der Waals surface area contributed by atoms with Gasteiger partial charge in [-0.1, -0.05) is 6.07 Å². The van der Waals surface area contributed by atoms with E-state index in [0.29, 0.717) is 5.69 Å². The summed E-state index contributed by atoms with van der Waals surface area (Å²) in [6.45, 7) is 0. The van der Waals surface area contributed by atoms with E-state index in [1.165, 1.54) is 11.7 Å². The molecule has 0 aliphatic carbocycles. The van der Waals surface area contributed by atoms with E-state index >= 15 is 0 Å². The molecule has 2 rings (SSSR count). The summed E-state index contributed by atoms with van der Waals surface area (Å²) in [4.78, 5) is 32.8. The molecule has 0 aromatic carbocycles. The van der Waals surface area contributed by atoms with Crippen molar-refractivity contribution in [2.45, 2.75) is 0 Å². The number of pyridine rings is 1. The van der Waals surface area contributed by atoms with E-state index in [4.69, 9.17) is 5.21 Å². The third-order valence-electron chi connectivity index (χ3n) is 1.98. The summed E-state index contributed by atoms with van der Waals surface area (Å²) in [5.74, 6) is -0.690. The quantitative estimate of drug-likeness (QED) is 0.497. The van der Waals surface area contributed by atoms with Crippen LogP contribution in [0.15, 0.2) is 35.3 Å². The van der Waals surface area contributed by atoms with Gasteiger partial charge in [0, 0.05) is 12.3 Å². The van der Waals surface area contributed by atoms with Crippen molar-refractivity contribution in [1.82, 2.24) is 20.4 Å². The number of hydrogen-bond donors (Lipinski definition) is 3. The fourth-order valence-corrected chi connectivity index (χ4v) is 1.26. The third kappa shape index (κ3) is 2.34. The van der Waals surface area contributed by atoms with Gasteiger partial charge < -0.3 is 4.98 Å². The van der Waals surface area contributed by atoms with E-state index in [1.54, 1.807) is 18.2 Å². The Labute approximate surface area is 95.1 Å². The molecule has 0 atom stereocenters. The summed E-state index contributed by atoms with van der Waals surface area (Å²) in [6, 6.07) is 6.06. The number of nitrogens with zero attached hydrogens (tertiary/aromatic N) is 2. The number of nitrogens with one attached hydrogen (secondary N) is 2. The highest BCUT2D eigenvalue weighted by Gasteiger charge is 2.10. The maximum Gasteiger partial charge on any atom is 0.293 e. The van der Waals surface area contributed by atoms with Gasteiger partial charge in [-0.3, -0.25) is 19.8 Å². The van der Waals surface area contributed by atoms with Gasteiger partial charge in [0.1, 0.15) is 11.4 Å². The van der Waals surface area contributed by atoms with Gasteiger partial charge in [0.25, 0.3) is 11.5 Å². The summed E-state index contributed by atoms with van der Waals surface area (Å²) in [5.41, 5.74) is 1.16. The molecular weight excluding hydrogens is 224 g/mol. The first kappa shape index (κ1) is 11.0. The Bertz CT molecular complexity index is 594. The van der Waals surface area contributed by atoms with Crippen LogP contribution in [0.1, 0.15) is 10.5 Å². The molecule has 7 nitrogen and oxygen atoms in total. The maximum atomic E-state index is 11.3. The van der Waals surface area contributed by atoms with Crippen molar-refractivity contribution in [1.29, 1.82) is 0 Å². The molecule has 2 aromatic heterocycles. The van der Waals surface area contributed by atoms with Crippen LogP contribution in [0.2, 0.25) is 0 Å². The van der Waals surface area contributed by atoms with Crippen LogP contribution >= 0.6 is 0 Å². The fourth-order valence-electron chi connectivity index (χ4n) is 1.26. The molecule has 86 valence electrons. The SMILES string of the molecule is O=C(NO)c1cc(=O)[nH]c(-c2ccccn2)n1. The minimum Gasteiger partial charge on any atom is -0.305 e. The van der Waals surface area contributed by atoms with Crippen molar-refractivity contribution in [3.63, 3.8) is 0 Å². The highest BCUT2D eigenvalue weighted by atomic mass is 16.5. The normalized spacial score (nSPS) is 9.94. The smallest absolute Gasteiger partial charge is 0.293 e. The molecule has 3 N–H and O–H groups in total. The molecule has 0 saturated heterocycles. The largest absolute Gasteiger partial charge is 0.305 e. The Hall–Kier alpha value is -2.54. The van der Waals surface area contributed by atoms with Crippen LogP contribution in [0.4, 0.5) is 0 Å². The number of carbonyl (C=O) groups excluding carboxylic acids is 1. The van der Waals surface area contributed by atoms with Crippen LogP contribution in [0, 0.1) is 0 Å². The lowest BCUT2D eigenvalue weighted by atomic mass is 10.3. The Morgan fingerprint density at radius 2 is 2.24 bits per heavy atom. The van der Waals surface area contributed by atoms with Crippen molar-refractivity contribution in [2.75, 3.05) is 0 Å². The number of carbonyl (C=O) groups is 1. The molecule has 0 unspecified atom stereocenters. The summed E-state index contributed by atoms with van der Waals surface area (Å²) in [5, 5.41) is 8.47. The molecule has 7 heteroatoms. The third-order valence-corrected chi connectivity index (χ3v) is 1.98. The topological polar surface area (TPSA) is 108 Å². The first-order valence-corrected chi connectivity index (χ1v) is 4.68. The second-order valence-corrected chi connectivity index (χ2v) is 3.14. The van der Waals surface area contributed by atoms with Crippen LogP contribution in [0.25, 0.3) is 11.5 Å². The number of amides is 1. The highest BCUT2D eigenvalue weighted by molar-refractivity contribution is 5.91. The van der Waals surface area contributed by atoms with E-state index < -0.39 is 11.5 Å². The molecule has 17 heavy (non-hydrogen) atoms. The number of H-pyrrole nitrogens is 1. The predicted octanol–water partition coefficient (Wildman–Crippen LogP) is -0.0491. The first-order valence-electron chi connectivity index (χ1n) is 4.68. The van der Waals surface area contributed by atoms with Crippen molar-refractivity contribution in [2.24, 2.45) is 0 Å². The first-order chi connectivity index (χ1) is 8.20. The van der Waals surface area contributed by atoms with E-state index in [2.05, 4.69) is 15.0 Å². The maximum absolute atomic E-state index is 11.3. The monoisotopic (exact) mass is 232 g/mol. The van der Waals surface area contributed by atoms with Crippen molar-refractivity contribution in [3.8, 4) is 11.5 Å². The van der Waals surface area contributed by atoms with Gasteiger partial charge in [0.05, 0.1) is 0 Å². The number of hydroxylamine groups is 1. The van der Waals surface area contributed by atoms with Crippen LogP contribution in [0.3, 0.4) is 0 Å². The van der Waals surface area contributed by atoms with E-state index in [1.807, 2.05) is 0 Å². The molecular formula is C10H8N4O3. The van der Waals surface area contributed by atoms with Crippen LogP contribution in [0.5, 0.6) is 0 Å². The molecule has 0 aliphatic rings. The average Bonchev–Trinajstić information content (AvgIpc) is 2.38. The Kier molecular flexibility index (Phi) is 2.93. The summed E-state index contributed by atoms with van der Waals surface area (Å²) in [6.07, 6.45) is 1.54. The summed E-state index contributed by atoms with van der Waals surface area (Å²) >= 11 is 0. The molecule has 0 spiro atoms. The number of hydrogen-bond acceptors (Lipinski definition) is 5. The highest BCUT2D eigenvalue weighted by Crippen LogP contribution is 2.08. The van der Waals surface area contributed by atoms with Gasteiger partial charge in [-0.15, -0.1) is 0 Å². The van der Waals surface area contributed by atoms with E-state index in [9.17, 15) is 9.59 Å². The molecule has 0 radical (unpaired) electrons. The van der Waals surface area contributed by atoms with Crippen LogP contribution < -0.4 is 11.0 Å². The second kappa shape index (κ2) is 4.54. The lowest BCUT2D eigenvalue weighted by molar-refractivity contribution is 0.0700. The zero-order valence-electron chi connectivity index (χ0n) is 8.54. The molecule has 0 aliphatic heterocycles. The zero-order chi connectivity index (χ0) is 12.3. The summed E-state index contributed by atoms with van der Waals surface area (Å²) < 4.78 is 0. The van der Waals surface area contributed by atoms with Crippen LogP contribution in [-0.4, -0.2) is 26.1 Å². The van der Waals surface area contributed by atoms with Gasteiger partial charge >= 0.3 is 0 Å². The van der Waals surface area contributed by atoms with Gasteiger partial charge in [-0.2, -0.15) is 0 Å². The van der Waals surface area contributed by atoms with Crippen molar-refractivity contribution < 1.29 is 10.0 Å². The average molecular weight is 232 g/mol. The summed E-state index contributed by atoms with van der Waals surface area (Å²) in [7, 11) is 0. The van der Waals surface area contributed by atoms with Crippen molar-refractivity contribution >= 4 is 5.91 Å². The predicted molar refractivity (Wildman–Crippen MR) is 57.3 cm³/mol. The lowest BCUT2D eigenvalue weighted by Gasteiger charge is -2.01. The van der Waals surface area contributed by atoms with Gasteiger partial charge in [-0.25, -0.2) is 10.5 Å². The number of rotatable bonds is 2. The van der Waals surface area contributed by atoms with Gasteiger partial charge in [-0.05, 0) is 12.1 Å². The Morgan fingerprint density at radius 3 is 2.88 bits per heavy atom. The number of aromatic amines is 1. The zero-order valence-corrected chi connectivity index (χ0v) is 8.54. The van der Waals surface area contributed by atoms with Crippen LogP contribution in [-0.2, 0) is 0 Å². The standard InChI is InChI=1S/C10H8N4O3/c15-8-5-7(10(16)14-17)12-9(13-8)6-3-1-2-4-11-6/h1-5,17H,(H,14,16)(H,12,13,15). The minimum absolute atomic E-state index is 0.164. The molecule has 0 bridgehead atoms. The number of aromatic nitrogens is 3. The molecule has 1 amide bonds. The molecule has 2 aromatic rings. The molecule has 0 saturated carbocycles. The Balaban J connectivity index is 2.53. The Morgan fingerprint density at radius 1 is 1.41 bits per heavy atom. The minimum atomic E-state index is -0.853. The molecule has 0 fully saturated rings. The van der Waals surface area contributed by atoms with Gasteiger partial charge in [0.15, 0.2) is 5.82 Å². The van der Waals surface area contributed by atoms with E-state index in [-0.39, 0.29) is 11.5 Å². The molecule has 2 heterocycles. The lowest BCUT2D eigenvalue weighted by Crippen LogP contribution is -2.23. The second-order valence-electron chi connectivity index (χ2n) is 3.14. The fraction of sp³-hybridized carbons (Fsp3) is 0.